The summed E-state index contributed by atoms with van der Waals surface area (Å²) in [5, 5.41) is 7.72. The number of pyridine rings is 1. The van der Waals surface area contributed by atoms with Gasteiger partial charge in [0, 0.05) is 32.0 Å². The molecule has 10 nitrogen and oxygen atoms in total. The van der Waals surface area contributed by atoms with Crippen molar-refractivity contribution in [3.63, 3.8) is 0 Å². The van der Waals surface area contributed by atoms with Crippen LogP contribution in [-0.4, -0.2) is 95.0 Å². The number of hydrogen-bond acceptors (Lipinski definition) is 7. The zero-order chi connectivity index (χ0) is 19.2. The fourth-order valence-corrected chi connectivity index (χ4v) is 5.82. The first kappa shape index (κ1) is 17.9. The predicted octanol–water partition coefficient (Wildman–Crippen LogP) is -1.17. The van der Waals surface area contributed by atoms with Crippen LogP contribution in [0.2, 0.25) is 0 Å². The number of amides is 2. The lowest BCUT2D eigenvalue weighted by Crippen LogP contribution is -2.62. The fraction of sp³-hybridized carbons (Fsp3) is 0.500. The van der Waals surface area contributed by atoms with Crippen LogP contribution in [-0.2, 0) is 19.4 Å². The Labute approximate surface area is 155 Å². The van der Waals surface area contributed by atoms with Crippen LogP contribution in [0.4, 0.5) is 0 Å². The van der Waals surface area contributed by atoms with Crippen LogP contribution in [0.1, 0.15) is 10.4 Å². The lowest BCUT2D eigenvalue weighted by Gasteiger charge is -2.43. The van der Waals surface area contributed by atoms with Crippen LogP contribution in [0.25, 0.3) is 5.65 Å². The monoisotopic (exact) mass is 393 g/mol. The van der Waals surface area contributed by atoms with Gasteiger partial charge in [-0.3, -0.25) is 14.0 Å². The number of ether oxygens (including phenoxy) is 1. The van der Waals surface area contributed by atoms with Crippen LogP contribution >= 0.6 is 0 Å². The summed E-state index contributed by atoms with van der Waals surface area (Å²) < 4.78 is 31.1. The number of carbonyl (C=O) groups is 2. The second-order valence-corrected chi connectivity index (χ2v) is 8.90. The third-order valence-corrected chi connectivity index (χ3v) is 6.77. The Balaban J connectivity index is 1.63. The van der Waals surface area contributed by atoms with Crippen LogP contribution in [0.3, 0.4) is 0 Å². The molecule has 2 aromatic heterocycles. The molecule has 2 atom stereocenters. The molecule has 0 bridgehead atoms. The van der Waals surface area contributed by atoms with E-state index in [1.807, 2.05) is 0 Å². The minimum atomic E-state index is -3.34. The highest BCUT2D eigenvalue weighted by molar-refractivity contribution is 7.91. The van der Waals surface area contributed by atoms with Crippen molar-refractivity contribution >= 4 is 27.3 Å². The molecule has 2 aromatic rings. The van der Waals surface area contributed by atoms with Crippen LogP contribution < -0.4 is 0 Å². The van der Waals surface area contributed by atoms with E-state index in [1.165, 1.54) is 18.3 Å². The highest BCUT2D eigenvalue weighted by Crippen LogP contribution is 2.28. The first-order valence-corrected chi connectivity index (χ1v) is 10.3. The number of sulfone groups is 1. The molecule has 4 rings (SSSR count). The average Bonchev–Trinajstić information content (AvgIpc) is 3.22. The molecule has 11 heteroatoms. The molecule has 27 heavy (non-hydrogen) atoms. The van der Waals surface area contributed by atoms with E-state index in [2.05, 4.69) is 10.2 Å². The number of hydrogen-bond donors (Lipinski definition) is 0. The largest absolute Gasteiger partial charge is 0.375 e. The minimum absolute atomic E-state index is 0.110. The molecule has 2 aliphatic heterocycles. The smallest absolute Gasteiger partial charge is 0.254 e. The van der Waals surface area contributed by atoms with Gasteiger partial charge in [0.2, 0.25) is 5.91 Å². The van der Waals surface area contributed by atoms with E-state index in [4.69, 9.17) is 4.74 Å². The summed E-state index contributed by atoms with van der Waals surface area (Å²) in [6.07, 6.45) is 3.22. The summed E-state index contributed by atoms with van der Waals surface area (Å²) in [5.41, 5.74) is 0.945. The van der Waals surface area contributed by atoms with Crippen molar-refractivity contribution in [2.45, 2.75) is 12.1 Å². The molecule has 0 saturated carbocycles. The zero-order valence-electron chi connectivity index (χ0n) is 14.7. The molecular weight excluding hydrogens is 374 g/mol. The first-order chi connectivity index (χ1) is 12.9. The lowest BCUT2D eigenvalue weighted by molar-refractivity contribution is -0.140. The van der Waals surface area contributed by atoms with Gasteiger partial charge in [-0.15, -0.1) is 10.2 Å². The molecule has 144 valence electrons. The summed E-state index contributed by atoms with van der Waals surface area (Å²) in [6.45, 7) is 0.432. The maximum absolute atomic E-state index is 13.1. The van der Waals surface area contributed by atoms with Crippen molar-refractivity contribution in [3.8, 4) is 0 Å². The maximum Gasteiger partial charge on any atom is 0.254 e. The van der Waals surface area contributed by atoms with Crippen molar-refractivity contribution in [1.82, 2.24) is 24.4 Å². The van der Waals surface area contributed by atoms with Gasteiger partial charge < -0.3 is 14.5 Å². The predicted molar refractivity (Wildman–Crippen MR) is 93.8 cm³/mol. The number of nitrogens with zero attached hydrogens (tertiary/aromatic N) is 5. The second kappa shape index (κ2) is 6.57. The van der Waals surface area contributed by atoms with Crippen molar-refractivity contribution in [2.75, 3.05) is 38.3 Å². The quantitative estimate of drug-likeness (QED) is 0.645. The number of aromatic nitrogens is 3. The molecule has 0 unspecified atom stereocenters. The summed E-state index contributed by atoms with van der Waals surface area (Å²) >= 11 is 0. The summed E-state index contributed by atoms with van der Waals surface area (Å²) in [5.74, 6) is -0.819. The van der Waals surface area contributed by atoms with Crippen molar-refractivity contribution in [1.29, 1.82) is 0 Å². The maximum atomic E-state index is 13.1. The number of carbonyl (C=O) groups excluding carboxylic acids is 2. The number of fused-ring (bicyclic) bond motifs is 2. The van der Waals surface area contributed by atoms with Gasteiger partial charge in [0.25, 0.3) is 5.91 Å². The summed E-state index contributed by atoms with van der Waals surface area (Å²) in [6, 6.07) is 2.16. The van der Waals surface area contributed by atoms with Crippen LogP contribution in [0.5, 0.6) is 0 Å². The molecule has 0 N–H and O–H groups in total. The Kier molecular flexibility index (Phi) is 4.35. The molecule has 2 saturated heterocycles. The van der Waals surface area contributed by atoms with Crippen molar-refractivity contribution in [3.05, 3.63) is 30.2 Å². The van der Waals surface area contributed by atoms with Crippen molar-refractivity contribution < 1.29 is 22.7 Å². The standard InChI is InChI=1S/C16H19N5O5S/c1-26-7-15(22)20-4-5-21(13-9-27(24,25)8-12(13)20)16(23)11-2-3-19-10-17-18-14(19)6-11/h2-3,6,10,12-13H,4-5,7-9H2,1H3/t12-,13+/m0/s1. The van der Waals surface area contributed by atoms with Crippen LogP contribution in [0, 0.1) is 0 Å². The molecule has 2 fully saturated rings. The summed E-state index contributed by atoms with van der Waals surface area (Å²) in [4.78, 5) is 28.5. The SMILES string of the molecule is COCC(=O)N1CCN(C(=O)c2ccn3cnnc3c2)[C@@H]2CS(=O)(=O)C[C@@H]21. The van der Waals surface area contributed by atoms with E-state index in [-0.39, 0.29) is 43.0 Å². The average molecular weight is 393 g/mol. The van der Waals surface area contributed by atoms with Crippen LogP contribution in [0.15, 0.2) is 24.7 Å². The van der Waals surface area contributed by atoms with Gasteiger partial charge in [-0.05, 0) is 12.1 Å². The Hall–Kier alpha value is -2.53. The molecule has 0 aliphatic carbocycles. The molecule has 2 aliphatic rings. The molecule has 0 radical (unpaired) electrons. The third kappa shape index (κ3) is 3.16. The minimum Gasteiger partial charge on any atom is -0.375 e. The third-order valence-electron chi connectivity index (χ3n) is 5.07. The van der Waals surface area contributed by atoms with E-state index in [0.29, 0.717) is 11.2 Å². The first-order valence-electron chi connectivity index (χ1n) is 8.49. The van der Waals surface area contributed by atoms with E-state index >= 15 is 0 Å². The topological polar surface area (TPSA) is 114 Å². The van der Waals surface area contributed by atoms with E-state index in [0.717, 1.165) is 0 Å². The molecular formula is C16H19N5O5S. The van der Waals surface area contributed by atoms with Gasteiger partial charge in [0.15, 0.2) is 15.5 Å². The number of methoxy groups -OCH3 is 1. The molecule has 0 spiro atoms. The highest BCUT2D eigenvalue weighted by atomic mass is 32.2. The number of rotatable bonds is 3. The van der Waals surface area contributed by atoms with Gasteiger partial charge in [0.1, 0.15) is 12.9 Å². The van der Waals surface area contributed by atoms with E-state index in [1.54, 1.807) is 27.6 Å². The Morgan fingerprint density at radius 2 is 1.93 bits per heavy atom. The Morgan fingerprint density at radius 3 is 2.67 bits per heavy atom. The van der Waals surface area contributed by atoms with Gasteiger partial charge in [0.05, 0.1) is 23.6 Å². The zero-order valence-corrected chi connectivity index (χ0v) is 15.5. The highest BCUT2D eigenvalue weighted by Gasteiger charge is 2.49. The lowest BCUT2D eigenvalue weighted by atomic mass is 10.0. The Morgan fingerprint density at radius 1 is 1.22 bits per heavy atom. The summed E-state index contributed by atoms with van der Waals surface area (Å²) in [7, 11) is -1.92. The van der Waals surface area contributed by atoms with Gasteiger partial charge in [-0.2, -0.15) is 0 Å². The van der Waals surface area contributed by atoms with E-state index < -0.39 is 21.9 Å². The Bertz CT molecular complexity index is 1000. The van der Waals surface area contributed by atoms with Gasteiger partial charge in [-0.1, -0.05) is 0 Å². The molecule has 4 heterocycles. The molecule has 0 aromatic carbocycles. The second-order valence-electron chi connectivity index (χ2n) is 6.74. The van der Waals surface area contributed by atoms with E-state index in [9.17, 15) is 18.0 Å². The number of piperazine rings is 1. The van der Waals surface area contributed by atoms with Crippen molar-refractivity contribution in [2.24, 2.45) is 0 Å². The molecule has 2 amide bonds. The normalized spacial score (nSPS) is 24.2. The van der Waals surface area contributed by atoms with Gasteiger partial charge in [-0.25, -0.2) is 8.42 Å². The van der Waals surface area contributed by atoms with Gasteiger partial charge >= 0.3 is 0 Å². The fourth-order valence-electron chi connectivity index (χ4n) is 3.84.